The van der Waals surface area contributed by atoms with Crippen molar-refractivity contribution in [3.8, 4) is 0 Å². The van der Waals surface area contributed by atoms with Crippen molar-refractivity contribution < 1.29 is 0 Å². The summed E-state index contributed by atoms with van der Waals surface area (Å²) in [6, 6.07) is 13.4. The van der Waals surface area contributed by atoms with Gasteiger partial charge in [0.05, 0.1) is 0 Å². The fraction of sp³-hybridized carbons (Fsp3) is 0.278. The molecule has 1 N–H and O–H groups in total. The normalized spacial score (nSPS) is 12.5. The zero-order chi connectivity index (χ0) is 15.4. The van der Waals surface area contributed by atoms with Crippen molar-refractivity contribution in [1.82, 2.24) is 14.9 Å². The van der Waals surface area contributed by atoms with Gasteiger partial charge in [-0.15, -0.1) is 11.3 Å². The summed E-state index contributed by atoms with van der Waals surface area (Å²) in [4.78, 5) is 5.65. The third-order valence-electron chi connectivity index (χ3n) is 3.85. The van der Waals surface area contributed by atoms with Crippen LogP contribution in [0.15, 0.2) is 54.2 Å². The van der Waals surface area contributed by atoms with E-state index in [2.05, 4.69) is 63.6 Å². The van der Waals surface area contributed by atoms with E-state index in [-0.39, 0.29) is 0 Å². The first kappa shape index (κ1) is 15.0. The standard InChI is InChI=1S/C18H21N3S/c1-14(18-7-4-10-22-18)20-12-16-5-3-6-17(11-16)13-21-9-8-19-15(21)2/h3-11,14,20H,12-13H2,1-2H3/t14-/m1/s1. The quantitative estimate of drug-likeness (QED) is 0.741. The number of benzene rings is 1. The molecule has 0 saturated heterocycles. The molecule has 0 bridgehead atoms. The van der Waals surface area contributed by atoms with E-state index in [1.807, 2.05) is 19.3 Å². The fourth-order valence-corrected chi connectivity index (χ4v) is 3.27. The van der Waals surface area contributed by atoms with Gasteiger partial charge < -0.3 is 9.88 Å². The van der Waals surface area contributed by atoms with E-state index in [9.17, 15) is 0 Å². The molecule has 2 aromatic heterocycles. The molecule has 0 radical (unpaired) electrons. The van der Waals surface area contributed by atoms with Crippen LogP contribution in [0.5, 0.6) is 0 Å². The first-order valence-corrected chi connectivity index (χ1v) is 8.42. The molecule has 0 aliphatic rings. The Morgan fingerprint density at radius 1 is 1.23 bits per heavy atom. The van der Waals surface area contributed by atoms with Gasteiger partial charge in [-0.3, -0.25) is 0 Å². The van der Waals surface area contributed by atoms with Crippen LogP contribution in [0.2, 0.25) is 0 Å². The first-order valence-electron chi connectivity index (χ1n) is 7.55. The number of nitrogens with zero attached hydrogens (tertiary/aromatic N) is 2. The molecular weight excluding hydrogens is 290 g/mol. The molecule has 3 rings (SSSR count). The van der Waals surface area contributed by atoms with Gasteiger partial charge >= 0.3 is 0 Å². The molecule has 3 nitrogen and oxygen atoms in total. The van der Waals surface area contributed by atoms with Crippen LogP contribution in [0.25, 0.3) is 0 Å². The van der Waals surface area contributed by atoms with Crippen molar-refractivity contribution in [2.24, 2.45) is 0 Å². The molecule has 0 aliphatic carbocycles. The van der Waals surface area contributed by atoms with Crippen LogP contribution in [0, 0.1) is 6.92 Å². The largest absolute Gasteiger partial charge is 0.331 e. The molecular formula is C18H21N3S. The lowest BCUT2D eigenvalue weighted by Crippen LogP contribution is -2.17. The van der Waals surface area contributed by atoms with Crippen molar-refractivity contribution in [2.75, 3.05) is 0 Å². The Morgan fingerprint density at radius 2 is 2.09 bits per heavy atom. The Labute approximate surface area is 135 Å². The van der Waals surface area contributed by atoms with Crippen molar-refractivity contribution in [2.45, 2.75) is 33.0 Å². The Morgan fingerprint density at radius 3 is 2.82 bits per heavy atom. The van der Waals surface area contributed by atoms with Crippen LogP contribution in [0.1, 0.15) is 34.8 Å². The van der Waals surface area contributed by atoms with E-state index in [4.69, 9.17) is 0 Å². The molecule has 0 unspecified atom stereocenters. The van der Waals surface area contributed by atoms with Crippen molar-refractivity contribution in [3.05, 3.63) is 76.0 Å². The van der Waals surface area contributed by atoms with Gasteiger partial charge in [0, 0.05) is 36.4 Å². The summed E-state index contributed by atoms with van der Waals surface area (Å²) < 4.78 is 2.17. The van der Waals surface area contributed by atoms with E-state index in [0.717, 1.165) is 18.9 Å². The van der Waals surface area contributed by atoms with Gasteiger partial charge in [-0.2, -0.15) is 0 Å². The van der Waals surface area contributed by atoms with E-state index < -0.39 is 0 Å². The maximum absolute atomic E-state index is 4.27. The number of hydrogen-bond donors (Lipinski definition) is 1. The fourth-order valence-electron chi connectivity index (χ4n) is 2.51. The Bertz CT molecular complexity index is 716. The summed E-state index contributed by atoms with van der Waals surface area (Å²) in [7, 11) is 0. The van der Waals surface area contributed by atoms with Gasteiger partial charge in [-0.05, 0) is 36.4 Å². The van der Waals surface area contributed by atoms with Crippen LogP contribution in [-0.4, -0.2) is 9.55 Å². The summed E-state index contributed by atoms with van der Waals surface area (Å²) in [5, 5.41) is 5.72. The van der Waals surface area contributed by atoms with E-state index >= 15 is 0 Å². The highest BCUT2D eigenvalue weighted by molar-refractivity contribution is 7.10. The number of imidazole rings is 1. The summed E-state index contributed by atoms with van der Waals surface area (Å²) in [6.45, 7) is 6.01. The topological polar surface area (TPSA) is 29.9 Å². The lowest BCUT2D eigenvalue weighted by atomic mass is 10.1. The summed E-state index contributed by atoms with van der Waals surface area (Å²) in [5.74, 6) is 1.05. The van der Waals surface area contributed by atoms with E-state index in [1.165, 1.54) is 16.0 Å². The number of hydrogen-bond acceptors (Lipinski definition) is 3. The third-order valence-corrected chi connectivity index (χ3v) is 4.91. The number of nitrogens with one attached hydrogen (secondary N) is 1. The van der Waals surface area contributed by atoms with Crippen molar-refractivity contribution >= 4 is 11.3 Å². The monoisotopic (exact) mass is 311 g/mol. The number of thiophene rings is 1. The predicted molar refractivity (Wildman–Crippen MR) is 92.1 cm³/mol. The van der Waals surface area contributed by atoms with Gasteiger partial charge in [0.15, 0.2) is 0 Å². The van der Waals surface area contributed by atoms with Gasteiger partial charge in [0.25, 0.3) is 0 Å². The lowest BCUT2D eigenvalue weighted by molar-refractivity contribution is 0.582. The zero-order valence-corrected chi connectivity index (χ0v) is 13.8. The second-order valence-electron chi connectivity index (χ2n) is 5.54. The molecule has 114 valence electrons. The molecule has 0 saturated carbocycles. The third kappa shape index (κ3) is 3.64. The Balaban J connectivity index is 1.63. The summed E-state index contributed by atoms with van der Waals surface area (Å²) in [5.41, 5.74) is 2.63. The molecule has 3 aromatic rings. The van der Waals surface area contributed by atoms with Crippen molar-refractivity contribution in [1.29, 1.82) is 0 Å². The Kier molecular flexibility index (Phi) is 4.71. The van der Waals surface area contributed by atoms with Gasteiger partial charge in [-0.1, -0.05) is 30.3 Å². The molecule has 1 atom stereocenters. The minimum absolute atomic E-state index is 0.388. The maximum atomic E-state index is 4.27. The number of rotatable bonds is 6. The highest BCUT2D eigenvalue weighted by Crippen LogP contribution is 2.18. The maximum Gasteiger partial charge on any atom is 0.105 e. The lowest BCUT2D eigenvalue weighted by Gasteiger charge is -2.13. The molecule has 0 aliphatic heterocycles. The number of aryl methyl sites for hydroxylation is 1. The minimum atomic E-state index is 0.388. The summed E-state index contributed by atoms with van der Waals surface area (Å²) >= 11 is 1.80. The highest BCUT2D eigenvalue weighted by Gasteiger charge is 2.06. The molecule has 0 fully saturated rings. The molecule has 22 heavy (non-hydrogen) atoms. The zero-order valence-electron chi connectivity index (χ0n) is 13.0. The van der Waals surface area contributed by atoms with E-state index in [0.29, 0.717) is 6.04 Å². The van der Waals surface area contributed by atoms with E-state index in [1.54, 1.807) is 11.3 Å². The molecule has 0 spiro atoms. The van der Waals surface area contributed by atoms with Crippen molar-refractivity contribution in [3.63, 3.8) is 0 Å². The molecule has 2 heterocycles. The summed E-state index contributed by atoms with van der Waals surface area (Å²) in [6.07, 6.45) is 3.88. The smallest absolute Gasteiger partial charge is 0.105 e. The minimum Gasteiger partial charge on any atom is -0.331 e. The second-order valence-corrected chi connectivity index (χ2v) is 6.52. The Hall–Kier alpha value is -1.91. The van der Waals surface area contributed by atoms with Crippen LogP contribution in [0.4, 0.5) is 0 Å². The first-order chi connectivity index (χ1) is 10.7. The average Bonchev–Trinajstić information content (AvgIpc) is 3.18. The van der Waals surface area contributed by atoms with Gasteiger partial charge in [-0.25, -0.2) is 4.98 Å². The van der Waals surface area contributed by atoms with Crippen LogP contribution in [-0.2, 0) is 13.1 Å². The SMILES string of the molecule is Cc1nccn1Cc1cccc(CN[C@H](C)c2cccs2)c1. The van der Waals surface area contributed by atoms with Crippen LogP contribution >= 0.6 is 11.3 Å². The molecule has 4 heteroatoms. The molecule has 0 amide bonds. The number of aromatic nitrogens is 2. The van der Waals surface area contributed by atoms with Gasteiger partial charge in [0.1, 0.15) is 5.82 Å². The van der Waals surface area contributed by atoms with Crippen LogP contribution in [0.3, 0.4) is 0 Å². The van der Waals surface area contributed by atoms with Gasteiger partial charge in [0.2, 0.25) is 0 Å². The highest BCUT2D eigenvalue weighted by atomic mass is 32.1. The van der Waals surface area contributed by atoms with Crippen LogP contribution < -0.4 is 5.32 Å². The average molecular weight is 311 g/mol. The molecule has 1 aromatic carbocycles. The second kappa shape index (κ2) is 6.90. The predicted octanol–water partition coefficient (Wildman–Crippen LogP) is 4.15.